The maximum Gasteiger partial charge on any atom is 0.335 e. The number of carboxylic acid groups (broad SMARTS) is 2. The molecule has 0 aliphatic rings. The number of carbonyl (C=O) groups is 2. The van der Waals surface area contributed by atoms with Gasteiger partial charge in [-0.05, 0) is 48.9 Å². The Morgan fingerprint density at radius 2 is 1.23 bits per heavy atom. The average Bonchev–Trinajstić information content (AvgIpc) is 2.72. The fourth-order valence-corrected chi connectivity index (χ4v) is 2.78. The van der Waals surface area contributed by atoms with Gasteiger partial charge < -0.3 is 39.4 Å². The van der Waals surface area contributed by atoms with Crippen molar-refractivity contribution in [3.05, 3.63) is 34.4 Å². The summed E-state index contributed by atoms with van der Waals surface area (Å²) in [6.07, 6.45) is 1.84. The van der Waals surface area contributed by atoms with E-state index in [9.17, 15) is 19.8 Å². The van der Waals surface area contributed by atoms with Crippen LogP contribution in [0.4, 0.5) is 0 Å². The van der Waals surface area contributed by atoms with Gasteiger partial charge in [-0.25, -0.2) is 9.59 Å². The molecule has 0 amide bonds. The van der Waals surface area contributed by atoms with E-state index >= 15 is 0 Å². The van der Waals surface area contributed by atoms with Gasteiger partial charge in [0.2, 0.25) is 0 Å². The predicted molar refractivity (Wildman–Crippen MR) is 105 cm³/mol. The Labute approximate surface area is 174 Å². The summed E-state index contributed by atoms with van der Waals surface area (Å²) in [4.78, 5) is 23.1. The molecule has 10 nitrogen and oxygen atoms in total. The van der Waals surface area contributed by atoms with E-state index in [1.807, 2.05) is 0 Å². The molecule has 0 aromatic heterocycles. The quantitative estimate of drug-likeness (QED) is 0.195. The van der Waals surface area contributed by atoms with Gasteiger partial charge in [-0.1, -0.05) is 0 Å². The van der Waals surface area contributed by atoms with Crippen LogP contribution in [0.5, 0.6) is 0 Å². The van der Waals surface area contributed by atoms with Crippen LogP contribution in [0.25, 0.3) is 0 Å². The Morgan fingerprint density at radius 3 is 1.73 bits per heavy atom. The number of hydrogen-bond acceptors (Lipinski definition) is 8. The first-order valence-electron chi connectivity index (χ1n) is 9.66. The van der Waals surface area contributed by atoms with E-state index in [0.29, 0.717) is 63.2 Å². The highest BCUT2D eigenvalue weighted by Gasteiger charge is 2.18. The maximum atomic E-state index is 11.7. The summed E-state index contributed by atoms with van der Waals surface area (Å²) < 4.78 is 20.6. The fourth-order valence-electron chi connectivity index (χ4n) is 2.78. The fraction of sp³-hybridized carbons (Fsp3) is 0.600. The van der Waals surface area contributed by atoms with E-state index in [0.717, 1.165) is 6.07 Å². The van der Waals surface area contributed by atoms with E-state index in [-0.39, 0.29) is 37.9 Å². The zero-order valence-electron chi connectivity index (χ0n) is 16.9. The zero-order valence-corrected chi connectivity index (χ0v) is 16.9. The molecule has 1 aromatic rings. The van der Waals surface area contributed by atoms with Crippen LogP contribution in [0.1, 0.15) is 44.7 Å². The third-order valence-corrected chi connectivity index (χ3v) is 4.17. The molecule has 0 radical (unpaired) electrons. The van der Waals surface area contributed by atoms with Crippen molar-refractivity contribution in [2.45, 2.75) is 25.7 Å². The standard InChI is InChI=1S/C20H30O10/c21-13-29-7-1-5-27-9-3-15-11-16(19(23)24)12-18(20(25)26)17(15)4-10-28-6-2-8-30-14-22/h11-12,21-22H,1-10,13-14H2,(H,23,24)(H,25,26). The molecule has 1 rings (SSSR count). The Morgan fingerprint density at radius 1 is 0.700 bits per heavy atom. The van der Waals surface area contributed by atoms with Crippen molar-refractivity contribution in [2.24, 2.45) is 0 Å². The van der Waals surface area contributed by atoms with Crippen LogP contribution in [-0.4, -0.2) is 85.6 Å². The molecule has 0 aliphatic carbocycles. The minimum Gasteiger partial charge on any atom is -0.478 e. The van der Waals surface area contributed by atoms with E-state index < -0.39 is 11.9 Å². The van der Waals surface area contributed by atoms with Crippen LogP contribution in [0, 0.1) is 0 Å². The predicted octanol–water partition coefficient (Wildman–Crippen LogP) is 0.914. The van der Waals surface area contributed by atoms with Crippen molar-refractivity contribution >= 4 is 11.9 Å². The number of aromatic carboxylic acids is 2. The second-order valence-corrected chi connectivity index (χ2v) is 6.28. The number of ether oxygens (including phenoxy) is 4. The number of benzene rings is 1. The molecular formula is C20H30O10. The van der Waals surface area contributed by atoms with Crippen molar-refractivity contribution in [1.29, 1.82) is 0 Å². The number of aliphatic hydroxyl groups is 2. The van der Waals surface area contributed by atoms with Crippen LogP contribution in [0.15, 0.2) is 12.1 Å². The lowest BCUT2D eigenvalue weighted by atomic mass is 9.93. The monoisotopic (exact) mass is 430 g/mol. The van der Waals surface area contributed by atoms with Gasteiger partial charge in [-0.2, -0.15) is 0 Å². The lowest BCUT2D eigenvalue weighted by Crippen LogP contribution is -2.14. The smallest absolute Gasteiger partial charge is 0.335 e. The first-order valence-corrected chi connectivity index (χ1v) is 9.66. The largest absolute Gasteiger partial charge is 0.478 e. The summed E-state index contributed by atoms with van der Waals surface area (Å²) in [6, 6.07) is 2.63. The summed E-state index contributed by atoms with van der Waals surface area (Å²) in [5.41, 5.74) is 0.954. The van der Waals surface area contributed by atoms with E-state index in [1.165, 1.54) is 6.07 Å². The van der Waals surface area contributed by atoms with E-state index in [2.05, 4.69) is 0 Å². The first-order chi connectivity index (χ1) is 14.5. The molecular weight excluding hydrogens is 400 g/mol. The first kappa shape index (κ1) is 26.0. The Hall–Kier alpha value is -2.08. The Balaban J connectivity index is 2.75. The van der Waals surface area contributed by atoms with Crippen LogP contribution in [0.2, 0.25) is 0 Å². The van der Waals surface area contributed by atoms with Crippen molar-refractivity contribution in [3.8, 4) is 0 Å². The number of aliphatic hydroxyl groups excluding tert-OH is 2. The molecule has 30 heavy (non-hydrogen) atoms. The highest BCUT2D eigenvalue weighted by molar-refractivity contribution is 5.95. The summed E-state index contributed by atoms with van der Waals surface area (Å²) in [5, 5.41) is 35.9. The van der Waals surface area contributed by atoms with Crippen LogP contribution in [-0.2, 0) is 31.8 Å². The molecule has 0 saturated carbocycles. The van der Waals surface area contributed by atoms with Gasteiger partial charge in [0.15, 0.2) is 0 Å². The minimum atomic E-state index is -1.20. The van der Waals surface area contributed by atoms with Gasteiger partial charge in [0.1, 0.15) is 13.6 Å². The molecule has 0 spiro atoms. The summed E-state index contributed by atoms with van der Waals surface area (Å²) >= 11 is 0. The van der Waals surface area contributed by atoms with Crippen molar-refractivity contribution in [3.63, 3.8) is 0 Å². The summed E-state index contributed by atoms with van der Waals surface area (Å²) in [7, 11) is 0. The molecule has 170 valence electrons. The van der Waals surface area contributed by atoms with Crippen molar-refractivity contribution in [2.75, 3.05) is 53.2 Å². The third-order valence-electron chi connectivity index (χ3n) is 4.17. The molecule has 0 heterocycles. The van der Waals surface area contributed by atoms with Gasteiger partial charge in [0.05, 0.1) is 37.6 Å². The van der Waals surface area contributed by atoms with Gasteiger partial charge in [-0.3, -0.25) is 0 Å². The molecule has 0 unspecified atom stereocenters. The van der Waals surface area contributed by atoms with Crippen molar-refractivity contribution < 1.29 is 49.0 Å². The second kappa shape index (κ2) is 15.7. The summed E-state index contributed by atoms with van der Waals surface area (Å²) in [5.74, 6) is -2.40. The molecule has 0 saturated heterocycles. The highest BCUT2D eigenvalue weighted by atomic mass is 16.6. The zero-order chi connectivity index (χ0) is 22.2. The molecule has 0 aliphatic heterocycles. The number of carboxylic acids is 2. The van der Waals surface area contributed by atoms with Gasteiger partial charge in [0, 0.05) is 13.2 Å². The highest BCUT2D eigenvalue weighted by Crippen LogP contribution is 2.21. The molecule has 1 aromatic carbocycles. The van der Waals surface area contributed by atoms with Crippen LogP contribution < -0.4 is 0 Å². The average molecular weight is 430 g/mol. The number of hydrogen-bond donors (Lipinski definition) is 4. The topological polar surface area (TPSA) is 152 Å². The minimum absolute atomic E-state index is 0.0616. The van der Waals surface area contributed by atoms with Crippen LogP contribution in [0.3, 0.4) is 0 Å². The van der Waals surface area contributed by atoms with Gasteiger partial charge >= 0.3 is 11.9 Å². The molecule has 10 heteroatoms. The number of rotatable bonds is 18. The SMILES string of the molecule is O=C(O)c1cc(CCOCCCOCO)c(CCOCCCOCO)c(C(=O)O)c1. The Bertz CT molecular complexity index is 647. The van der Waals surface area contributed by atoms with E-state index in [4.69, 9.17) is 29.2 Å². The third kappa shape index (κ3) is 10.1. The van der Waals surface area contributed by atoms with Crippen molar-refractivity contribution in [1.82, 2.24) is 0 Å². The van der Waals surface area contributed by atoms with Crippen LogP contribution >= 0.6 is 0 Å². The lowest BCUT2D eigenvalue weighted by molar-refractivity contribution is -0.0110. The molecule has 0 fully saturated rings. The maximum absolute atomic E-state index is 11.7. The Kier molecular flexibility index (Phi) is 13.6. The lowest BCUT2D eigenvalue weighted by Gasteiger charge is -2.15. The van der Waals surface area contributed by atoms with Gasteiger partial charge in [-0.15, -0.1) is 0 Å². The normalized spacial score (nSPS) is 11.0. The summed E-state index contributed by atoms with van der Waals surface area (Å²) in [6.45, 7) is 1.36. The molecule has 0 bridgehead atoms. The van der Waals surface area contributed by atoms with Gasteiger partial charge in [0.25, 0.3) is 0 Å². The molecule has 0 atom stereocenters. The molecule has 4 N–H and O–H groups in total. The second-order valence-electron chi connectivity index (χ2n) is 6.28. The van der Waals surface area contributed by atoms with E-state index in [1.54, 1.807) is 0 Å².